The highest BCUT2D eigenvalue weighted by Crippen LogP contribution is 2.16. The maximum Gasteiger partial charge on any atom is 0.328 e. The topological polar surface area (TPSA) is 37.3 Å². The fourth-order valence-electron chi connectivity index (χ4n) is 0.981. The number of benzene rings is 1. The molecule has 0 aromatic heterocycles. The first-order valence-electron chi connectivity index (χ1n) is 3.77. The van der Waals surface area contributed by atoms with Crippen LogP contribution < -0.4 is 0 Å². The average Bonchev–Trinajstić information content (AvgIpc) is 2.04. The Morgan fingerprint density at radius 3 is 2.29 bits per heavy atom. The van der Waals surface area contributed by atoms with Gasteiger partial charge in [-0.1, -0.05) is 28.1 Å². The van der Waals surface area contributed by atoms with E-state index in [4.69, 9.17) is 5.11 Å². The first-order chi connectivity index (χ1) is 6.09. The van der Waals surface area contributed by atoms with Crippen molar-refractivity contribution in [3.63, 3.8) is 0 Å². The molecule has 0 aliphatic rings. The zero-order chi connectivity index (χ0) is 9.84. The second-order valence-electron chi connectivity index (χ2n) is 2.67. The molecule has 0 spiro atoms. The van der Waals surface area contributed by atoms with Crippen LogP contribution in [-0.4, -0.2) is 11.1 Å². The Hall–Kier alpha value is -0.800. The highest BCUT2D eigenvalue weighted by atomic mass is 79.9. The van der Waals surface area contributed by atoms with E-state index in [2.05, 4.69) is 15.9 Å². The largest absolute Gasteiger partial charge is 0.478 e. The van der Waals surface area contributed by atoms with Gasteiger partial charge in [-0.3, -0.25) is 0 Å². The first kappa shape index (κ1) is 13.2. The molecule has 0 aliphatic heterocycles. The Kier molecular flexibility index (Phi) is 5.50. The van der Waals surface area contributed by atoms with Crippen LogP contribution >= 0.6 is 28.3 Å². The zero-order valence-electron chi connectivity index (χ0n) is 7.53. The molecule has 1 aromatic carbocycles. The van der Waals surface area contributed by atoms with Gasteiger partial charge in [0.1, 0.15) is 0 Å². The van der Waals surface area contributed by atoms with Crippen molar-refractivity contribution in [3.05, 3.63) is 40.4 Å². The molecular formula is C10H10BrClO2. The van der Waals surface area contributed by atoms with Crippen molar-refractivity contribution in [1.82, 2.24) is 0 Å². The van der Waals surface area contributed by atoms with Crippen LogP contribution in [0, 0.1) is 0 Å². The molecule has 1 N–H and O–H groups in total. The number of aliphatic carboxylic acids is 1. The lowest BCUT2D eigenvalue weighted by Gasteiger charge is -1.99. The van der Waals surface area contributed by atoms with Crippen molar-refractivity contribution < 1.29 is 9.90 Å². The van der Waals surface area contributed by atoms with Gasteiger partial charge in [-0.25, -0.2) is 4.79 Å². The Balaban J connectivity index is 0.00000169. The standard InChI is InChI=1S/C10H9BrO2.ClH/c1-7(6-10(12)13)8-2-4-9(11)5-3-8;/h2-6H,1H3,(H,12,13);1H. The SMILES string of the molecule is CC(=CC(=O)O)c1ccc(Br)cc1.Cl. The van der Waals surface area contributed by atoms with Crippen LogP contribution in [0.15, 0.2) is 34.8 Å². The van der Waals surface area contributed by atoms with Crippen molar-refractivity contribution in [1.29, 1.82) is 0 Å². The molecule has 0 saturated carbocycles. The molecule has 0 aliphatic carbocycles. The summed E-state index contributed by atoms with van der Waals surface area (Å²) in [6, 6.07) is 7.51. The molecule has 1 aromatic rings. The summed E-state index contributed by atoms with van der Waals surface area (Å²) in [5, 5.41) is 8.51. The molecule has 14 heavy (non-hydrogen) atoms. The lowest BCUT2D eigenvalue weighted by Crippen LogP contribution is -1.89. The van der Waals surface area contributed by atoms with E-state index in [0.29, 0.717) is 0 Å². The van der Waals surface area contributed by atoms with Gasteiger partial charge in [0, 0.05) is 10.5 Å². The minimum atomic E-state index is -0.916. The van der Waals surface area contributed by atoms with E-state index in [9.17, 15) is 4.79 Å². The molecule has 0 fully saturated rings. The number of allylic oxidation sites excluding steroid dienone is 1. The van der Waals surface area contributed by atoms with Gasteiger partial charge in [-0.2, -0.15) is 0 Å². The summed E-state index contributed by atoms with van der Waals surface area (Å²) >= 11 is 3.31. The van der Waals surface area contributed by atoms with Crippen molar-refractivity contribution >= 4 is 39.9 Å². The Morgan fingerprint density at radius 2 is 1.86 bits per heavy atom. The van der Waals surface area contributed by atoms with E-state index in [-0.39, 0.29) is 12.4 Å². The normalized spacial score (nSPS) is 10.6. The third-order valence-corrected chi connectivity index (χ3v) is 2.17. The minimum absolute atomic E-state index is 0. The summed E-state index contributed by atoms with van der Waals surface area (Å²) < 4.78 is 0.986. The van der Waals surface area contributed by atoms with Crippen LogP contribution in [0.3, 0.4) is 0 Å². The second-order valence-corrected chi connectivity index (χ2v) is 3.59. The minimum Gasteiger partial charge on any atom is -0.478 e. The van der Waals surface area contributed by atoms with Gasteiger partial charge < -0.3 is 5.11 Å². The molecule has 76 valence electrons. The summed E-state index contributed by atoms with van der Waals surface area (Å²) in [5.74, 6) is -0.916. The van der Waals surface area contributed by atoms with E-state index in [1.54, 1.807) is 6.92 Å². The number of carbonyl (C=O) groups is 1. The van der Waals surface area contributed by atoms with Crippen LogP contribution in [0.4, 0.5) is 0 Å². The van der Waals surface area contributed by atoms with E-state index < -0.39 is 5.97 Å². The van der Waals surface area contributed by atoms with Gasteiger partial charge in [-0.15, -0.1) is 12.4 Å². The van der Waals surface area contributed by atoms with Gasteiger partial charge in [0.2, 0.25) is 0 Å². The maximum absolute atomic E-state index is 10.4. The number of hydrogen-bond acceptors (Lipinski definition) is 1. The van der Waals surface area contributed by atoms with Crippen molar-refractivity contribution in [2.24, 2.45) is 0 Å². The number of hydrogen-bond donors (Lipinski definition) is 1. The van der Waals surface area contributed by atoms with E-state index >= 15 is 0 Å². The molecule has 1 rings (SSSR count). The monoisotopic (exact) mass is 276 g/mol. The third kappa shape index (κ3) is 3.94. The Bertz CT molecular complexity index is 344. The van der Waals surface area contributed by atoms with E-state index in [1.165, 1.54) is 6.08 Å². The van der Waals surface area contributed by atoms with Crippen LogP contribution in [0.2, 0.25) is 0 Å². The van der Waals surface area contributed by atoms with E-state index in [1.807, 2.05) is 24.3 Å². The molecule has 0 bridgehead atoms. The van der Waals surface area contributed by atoms with Gasteiger partial charge in [0.15, 0.2) is 0 Å². The Morgan fingerprint density at radius 1 is 1.36 bits per heavy atom. The first-order valence-corrected chi connectivity index (χ1v) is 4.56. The summed E-state index contributed by atoms with van der Waals surface area (Å²) in [4.78, 5) is 10.4. The molecule has 0 radical (unpaired) electrons. The van der Waals surface area contributed by atoms with Gasteiger partial charge in [0.05, 0.1) is 0 Å². The molecule has 0 saturated heterocycles. The highest BCUT2D eigenvalue weighted by molar-refractivity contribution is 9.10. The summed E-state index contributed by atoms with van der Waals surface area (Å²) in [6.07, 6.45) is 1.20. The van der Waals surface area contributed by atoms with Crippen molar-refractivity contribution in [2.45, 2.75) is 6.92 Å². The predicted molar refractivity (Wildman–Crippen MR) is 62.7 cm³/mol. The zero-order valence-corrected chi connectivity index (χ0v) is 9.93. The van der Waals surface area contributed by atoms with Gasteiger partial charge in [0.25, 0.3) is 0 Å². The fraction of sp³-hybridized carbons (Fsp3) is 0.100. The predicted octanol–water partition coefficient (Wildman–Crippen LogP) is 3.36. The lowest BCUT2D eigenvalue weighted by atomic mass is 10.1. The summed E-state index contributed by atoms with van der Waals surface area (Å²) in [5.41, 5.74) is 1.67. The van der Waals surface area contributed by atoms with Crippen molar-refractivity contribution in [2.75, 3.05) is 0 Å². The van der Waals surface area contributed by atoms with E-state index in [0.717, 1.165) is 15.6 Å². The van der Waals surface area contributed by atoms with Crippen molar-refractivity contribution in [3.8, 4) is 0 Å². The number of carboxylic acids is 1. The van der Waals surface area contributed by atoms with Crippen LogP contribution in [0.5, 0.6) is 0 Å². The van der Waals surface area contributed by atoms with Gasteiger partial charge >= 0.3 is 5.97 Å². The van der Waals surface area contributed by atoms with Crippen LogP contribution in [0.1, 0.15) is 12.5 Å². The highest BCUT2D eigenvalue weighted by Gasteiger charge is 1.97. The molecule has 0 atom stereocenters. The van der Waals surface area contributed by atoms with Gasteiger partial charge in [-0.05, 0) is 30.2 Å². The second kappa shape index (κ2) is 5.83. The maximum atomic E-state index is 10.4. The Labute approximate surface area is 97.2 Å². The summed E-state index contributed by atoms with van der Waals surface area (Å²) in [7, 11) is 0. The average molecular weight is 278 g/mol. The van der Waals surface area contributed by atoms with Crippen LogP contribution in [0.25, 0.3) is 5.57 Å². The molecule has 0 amide bonds. The number of halogens is 2. The molecular weight excluding hydrogens is 267 g/mol. The van der Waals surface area contributed by atoms with Crippen LogP contribution in [-0.2, 0) is 4.79 Å². The quantitative estimate of drug-likeness (QED) is 0.842. The summed E-state index contributed by atoms with van der Waals surface area (Å²) in [6.45, 7) is 1.78. The number of carboxylic acid groups (broad SMARTS) is 1. The molecule has 0 unspecified atom stereocenters. The molecule has 2 nitrogen and oxygen atoms in total. The molecule has 4 heteroatoms. The smallest absolute Gasteiger partial charge is 0.328 e. The lowest BCUT2D eigenvalue weighted by molar-refractivity contribution is -0.131. The fourth-order valence-corrected chi connectivity index (χ4v) is 1.25. The third-order valence-electron chi connectivity index (χ3n) is 1.64. The molecule has 0 heterocycles. The number of rotatable bonds is 2.